The Morgan fingerprint density at radius 1 is 0.750 bits per heavy atom. The smallest absolute Gasteiger partial charge is 0.408 e. The zero-order valence-electron chi connectivity index (χ0n) is 40.0. The van der Waals surface area contributed by atoms with Gasteiger partial charge in [-0.25, -0.2) is 9.59 Å². The van der Waals surface area contributed by atoms with Gasteiger partial charge in [0.1, 0.15) is 56.6 Å². The summed E-state index contributed by atoms with van der Waals surface area (Å²) >= 11 is 0. The lowest BCUT2D eigenvalue weighted by Crippen LogP contribution is -2.67. The molecule has 1 aromatic heterocycles. The third-order valence-corrected chi connectivity index (χ3v) is 9.74. The van der Waals surface area contributed by atoms with Crippen molar-refractivity contribution < 1.29 is 57.4 Å². The number of amides is 8. The third kappa shape index (κ3) is 15.7. The Balaban J connectivity index is 2.34. The zero-order chi connectivity index (χ0) is 49.4. The molecule has 0 aliphatic carbocycles. The molecule has 2 bridgehead atoms. The summed E-state index contributed by atoms with van der Waals surface area (Å²) in [6.07, 6.45) is 0.984. The van der Waals surface area contributed by atoms with Crippen molar-refractivity contribution in [3.8, 4) is 0 Å². The van der Waals surface area contributed by atoms with Crippen molar-refractivity contribution in [1.29, 1.82) is 0 Å². The standard InChI is InChI=1S/C41H69N11O12/c1-35(2,3)64-34(61)49-40(12,13)32(59)48-39(10,11)31(58)47-36(4,5)28(55)42-24-18-17-19-52-20-23(50-51-52)21-63-22-25(27(54)45-41(14,15)33(60)62-16)43-29(56)37(6,7)46-30(57)38(8,9)44-26(24)53/h20,24-25H,17-19,21-22H2,1-16H3,(H,42,55)(H,43,56)(H,44,53)(H,45,54)(H,46,57)(H,47,58)(H,48,59)(H,49,61)/t24-,25-/m0/s1. The molecule has 0 fully saturated rings. The van der Waals surface area contributed by atoms with Gasteiger partial charge in [0, 0.05) is 6.54 Å². The van der Waals surface area contributed by atoms with Crippen LogP contribution in [0.15, 0.2) is 6.20 Å². The van der Waals surface area contributed by atoms with Crippen molar-refractivity contribution in [3.63, 3.8) is 0 Å². The van der Waals surface area contributed by atoms with Gasteiger partial charge in [-0.3, -0.25) is 38.2 Å². The van der Waals surface area contributed by atoms with Gasteiger partial charge in [-0.15, -0.1) is 5.10 Å². The average molecular weight is 908 g/mol. The van der Waals surface area contributed by atoms with E-state index in [1.54, 1.807) is 27.0 Å². The Hall–Kier alpha value is -5.87. The number of nitrogens with one attached hydrogen (secondary N) is 8. The van der Waals surface area contributed by atoms with Crippen molar-refractivity contribution in [3.05, 3.63) is 11.9 Å². The Morgan fingerprint density at radius 3 is 1.83 bits per heavy atom. The van der Waals surface area contributed by atoms with Crippen LogP contribution in [0.25, 0.3) is 0 Å². The number of fused-ring (bicyclic) bond motifs is 2. The van der Waals surface area contributed by atoms with Crippen molar-refractivity contribution in [1.82, 2.24) is 57.5 Å². The molecule has 0 saturated carbocycles. The number of aryl methyl sites for hydroxylation is 1. The van der Waals surface area contributed by atoms with E-state index in [1.165, 1.54) is 87.8 Å². The first-order valence-electron chi connectivity index (χ1n) is 20.7. The predicted octanol–water partition coefficient (Wildman–Crippen LogP) is -0.492. The number of esters is 1. The number of hydrogen-bond acceptors (Lipinski definition) is 14. The van der Waals surface area contributed by atoms with Crippen LogP contribution in [0.2, 0.25) is 0 Å². The number of alkyl carbamates (subject to hydrolysis) is 1. The van der Waals surface area contributed by atoms with E-state index < -0.39 is 104 Å². The fourth-order valence-electron chi connectivity index (χ4n) is 5.64. The number of hydrogen-bond donors (Lipinski definition) is 8. The molecule has 2 atom stereocenters. The minimum atomic E-state index is -1.69. The Kier molecular flexibility index (Phi) is 17.2. The van der Waals surface area contributed by atoms with Gasteiger partial charge in [0.05, 0.1) is 26.5 Å². The zero-order valence-corrected chi connectivity index (χ0v) is 40.0. The van der Waals surface area contributed by atoms with E-state index in [1.807, 2.05) is 0 Å². The molecule has 23 heteroatoms. The SMILES string of the molecule is COC(=O)C(C)(C)NC(=O)[C@@H]1COCc2cn(nn2)CCC[C@H](NC(=O)C(C)(C)NC(=O)C(C)(C)NC(=O)C(C)(C)NC(=O)OC(C)(C)C)C(=O)NC(C)(C)C(=O)NC(C)(C)C(=O)N1. The fourth-order valence-corrected chi connectivity index (χ4v) is 5.64. The summed E-state index contributed by atoms with van der Waals surface area (Å²) in [5.41, 5.74) is -10.1. The highest BCUT2D eigenvalue weighted by Crippen LogP contribution is 2.16. The lowest BCUT2D eigenvalue weighted by atomic mass is 9.96. The molecule has 0 unspecified atom stereocenters. The number of carbonyl (C=O) groups is 9. The van der Waals surface area contributed by atoms with Crippen LogP contribution in [0, 0.1) is 0 Å². The van der Waals surface area contributed by atoms with Crippen LogP contribution in [-0.2, 0) is 65.7 Å². The van der Waals surface area contributed by atoms with Crippen molar-refractivity contribution in [2.45, 2.75) is 181 Å². The molecule has 23 nitrogen and oxygen atoms in total. The van der Waals surface area contributed by atoms with Crippen LogP contribution in [0.1, 0.15) is 122 Å². The first kappa shape index (κ1) is 54.3. The van der Waals surface area contributed by atoms with Gasteiger partial charge in [-0.2, -0.15) is 0 Å². The van der Waals surface area contributed by atoms with E-state index >= 15 is 0 Å². The summed E-state index contributed by atoms with van der Waals surface area (Å²) in [6.45, 7) is 21.5. The lowest BCUT2D eigenvalue weighted by molar-refractivity contribution is -0.150. The summed E-state index contributed by atoms with van der Waals surface area (Å²) in [6, 6.07) is -2.64. The molecule has 1 aliphatic heterocycles. The first-order chi connectivity index (χ1) is 28.9. The Morgan fingerprint density at radius 2 is 1.28 bits per heavy atom. The molecular formula is C41H69N11O12. The number of aromatic nitrogens is 3. The van der Waals surface area contributed by atoms with Crippen LogP contribution in [0.4, 0.5) is 4.79 Å². The number of nitrogens with zero attached hydrogens (tertiary/aromatic N) is 3. The first-order valence-corrected chi connectivity index (χ1v) is 20.7. The molecule has 8 amide bonds. The van der Waals surface area contributed by atoms with Crippen molar-refractivity contribution >= 4 is 53.4 Å². The molecule has 1 aromatic rings. The van der Waals surface area contributed by atoms with Crippen LogP contribution >= 0.6 is 0 Å². The van der Waals surface area contributed by atoms with Gasteiger partial charge < -0.3 is 56.7 Å². The average Bonchev–Trinajstić information content (AvgIpc) is 3.58. The number of rotatable bonds is 10. The Bertz CT molecular complexity index is 1950. The fraction of sp³-hybridized carbons (Fsp3) is 0.732. The topological polar surface area (TPSA) is 308 Å². The van der Waals surface area contributed by atoms with Crippen molar-refractivity contribution in [2.75, 3.05) is 13.7 Å². The van der Waals surface area contributed by atoms with Gasteiger partial charge in [0.2, 0.25) is 41.4 Å². The highest BCUT2D eigenvalue weighted by atomic mass is 16.6. The van der Waals surface area contributed by atoms with Gasteiger partial charge >= 0.3 is 12.1 Å². The summed E-state index contributed by atoms with van der Waals surface area (Å²) in [5, 5.41) is 28.9. The van der Waals surface area contributed by atoms with E-state index in [-0.39, 0.29) is 32.6 Å². The molecule has 0 spiro atoms. The van der Waals surface area contributed by atoms with Gasteiger partial charge in [0.15, 0.2) is 0 Å². The molecule has 0 aromatic carbocycles. The molecule has 2 rings (SSSR count). The highest BCUT2D eigenvalue weighted by Gasteiger charge is 2.43. The van der Waals surface area contributed by atoms with E-state index in [9.17, 15) is 43.2 Å². The van der Waals surface area contributed by atoms with Gasteiger partial charge in [0.25, 0.3) is 0 Å². The third-order valence-electron chi connectivity index (χ3n) is 9.74. The monoisotopic (exact) mass is 908 g/mol. The quantitative estimate of drug-likeness (QED) is 0.138. The minimum Gasteiger partial charge on any atom is -0.467 e. The molecular weight excluding hydrogens is 839 g/mol. The van der Waals surface area contributed by atoms with Crippen LogP contribution < -0.4 is 42.5 Å². The minimum absolute atomic E-state index is 0.0128. The normalized spacial score (nSPS) is 19.3. The second-order valence-electron chi connectivity index (χ2n) is 19.9. The highest BCUT2D eigenvalue weighted by molar-refractivity contribution is 6.01. The molecule has 1 aliphatic rings. The number of methoxy groups -OCH3 is 1. The molecule has 0 saturated heterocycles. The lowest BCUT2D eigenvalue weighted by Gasteiger charge is -2.36. The largest absolute Gasteiger partial charge is 0.467 e. The maximum absolute atomic E-state index is 14.0. The van der Waals surface area contributed by atoms with E-state index in [0.29, 0.717) is 5.69 Å². The summed E-state index contributed by atoms with van der Waals surface area (Å²) in [5.74, 6) is -6.20. The van der Waals surface area contributed by atoms with E-state index in [4.69, 9.17) is 14.2 Å². The van der Waals surface area contributed by atoms with Crippen molar-refractivity contribution in [2.24, 2.45) is 0 Å². The van der Waals surface area contributed by atoms with Gasteiger partial charge in [-0.05, 0) is 117 Å². The number of carbonyl (C=O) groups excluding carboxylic acids is 9. The van der Waals surface area contributed by atoms with E-state index in [2.05, 4.69) is 52.8 Å². The maximum Gasteiger partial charge on any atom is 0.408 e. The van der Waals surface area contributed by atoms with E-state index in [0.717, 1.165) is 7.11 Å². The molecule has 360 valence electrons. The predicted molar refractivity (Wildman–Crippen MR) is 229 cm³/mol. The number of ether oxygens (including phenoxy) is 3. The second kappa shape index (κ2) is 20.3. The molecule has 8 N–H and O–H groups in total. The molecule has 64 heavy (non-hydrogen) atoms. The molecule has 0 radical (unpaired) electrons. The maximum atomic E-state index is 14.0. The Labute approximate surface area is 374 Å². The summed E-state index contributed by atoms with van der Waals surface area (Å²) < 4.78 is 17.2. The van der Waals surface area contributed by atoms with Crippen LogP contribution in [0.3, 0.4) is 0 Å². The molecule has 2 heterocycles. The van der Waals surface area contributed by atoms with Crippen LogP contribution in [-0.4, -0.2) is 133 Å². The summed E-state index contributed by atoms with van der Waals surface area (Å²) in [7, 11) is 1.16. The second-order valence-corrected chi connectivity index (χ2v) is 19.9. The summed E-state index contributed by atoms with van der Waals surface area (Å²) in [4.78, 5) is 120. The van der Waals surface area contributed by atoms with Gasteiger partial charge in [-0.1, -0.05) is 5.21 Å². The van der Waals surface area contributed by atoms with Crippen LogP contribution in [0.5, 0.6) is 0 Å².